The van der Waals surface area contributed by atoms with Crippen molar-refractivity contribution in [2.75, 3.05) is 12.0 Å². The predicted octanol–water partition coefficient (Wildman–Crippen LogP) is 4.46. The summed E-state index contributed by atoms with van der Waals surface area (Å²) in [5.74, 6) is -0.949. The molecule has 0 radical (unpaired) electrons. The van der Waals surface area contributed by atoms with Crippen molar-refractivity contribution in [2.45, 2.75) is 20.0 Å². The van der Waals surface area contributed by atoms with Crippen molar-refractivity contribution in [2.24, 2.45) is 0 Å². The molecule has 0 bridgehead atoms. The molecular weight excluding hydrogens is 431 g/mol. The van der Waals surface area contributed by atoms with Gasteiger partial charge < -0.3 is 9.47 Å². The summed E-state index contributed by atoms with van der Waals surface area (Å²) in [5, 5.41) is 2.59. The van der Waals surface area contributed by atoms with E-state index in [9.17, 15) is 14.4 Å². The van der Waals surface area contributed by atoms with Crippen molar-refractivity contribution < 1.29 is 23.9 Å². The van der Waals surface area contributed by atoms with Crippen LogP contribution in [0.2, 0.25) is 10.0 Å². The minimum absolute atomic E-state index is 0.138. The van der Waals surface area contributed by atoms with Crippen LogP contribution in [0, 0.1) is 0 Å². The molecule has 0 aliphatic carbocycles. The normalized spacial score (nSPS) is 15.6. The average Bonchev–Trinajstić information content (AvgIpc) is 2.68. The van der Waals surface area contributed by atoms with Crippen LogP contribution in [0.4, 0.5) is 10.5 Å². The third-order valence-electron chi connectivity index (χ3n) is 4.11. The van der Waals surface area contributed by atoms with Gasteiger partial charge in [0.2, 0.25) is 0 Å². The van der Waals surface area contributed by atoms with E-state index in [2.05, 4.69) is 5.32 Å². The van der Waals surface area contributed by atoms with Crippen molar-refractivity contribution in [3.63, 3.8) is 0 Å². The molecule has 2 aromatic carbocycles. The lowest BCUT2D eigenvalue weighted by molar-refractivity contribution is -0.122. The summed E-state index contributed by atoms with van der Waals surface area (Å²) < 4.78 is 11.0. The number of rotatable bonds is 5. The Bertz CT molecular complexity index is 1070. The molecule has 0 unspecified atom stereocenters. The lowest BCUT2D eigenvalue weighted by atomic mass is 10.1. The maximum Gasteiger partial charge on any atom is 0.335 e. The van der Waals surface area contributed by atoms with E-state index in [0.29, 0.717) is 17.1 Å². The van der Waals surface area contributed by atoms with Crippen molar-refractivity contribution >= 4 is 52.8 Å². The summed E-state index contributed by atoms with van der Waals surface area (Å²) in [5.41, 5.74) is 0.321. The van der Waals surface area contributed by atoms with Crippen LogP contribution in [0.5, 0.6) is 11.5 Å². The fourth-order valence-electron chi connectivity index (χ4n) is 2.85. The van der Waals surface area contributed by atoms with Crippen LogP contribution >= 0.6 is 23.2 Å². The van der Waals surface area contributed by atoms with E-state index in [0.717, 1.165) is 4.90 Å². The minimum Gasteiger partial charge on any atom is -0.493 e. The van der Waals surface area contributed by atoms with Crippen molar-refractivity contribution in [3.05, 3.63) is 57.6 Å². The first-order chi connectivity index (χ1) is 14.2. The van der Waals surface area contributed by atoms with Crippen LogP contribution in [0.1, 0.15) is 19.4 Å². The van der Waals surface area contributed by atoms with Crippen molar-refractivity contribution in [1.82, 2.24) is 5.32 Å². The number of hydrogen-bond donors (Lipinski definition) is 1. The molecule has 1 heterocycles. The topological polar surface area (TPSA) is 84.9 Å². The molecule has 0 aromatic heterocycles. The van der Waals surface area contributed by atoms with Gasteiger partial charge in [0.05, 0.1) is 28.9 Å². The van der Waals surface area contributed by atoms with Gasteiger partial charge in [0, 0.05) is 0 Å². The van der Waals surface area contributed by atoms with Crippen LogP contribution < -0.4 is 19.7 Å². The Hall–Kier alpha value is -3.03. The zero-order valence-corrected chi connectivity index (χ0v) is 17.9. The number of hydrogen-bond acceptors (Lipinski definition) is 5. The highest BCUT2D eigenvalue weighted by Gasteiger charge is 2.37. The van der Waals surface area contributed by atoms with E-state index in [-0.39, 0.29) is 27.4 Å². The molecule has 9 heteroatoms. The van der Waals surface area contributed by atoms with Gasteiger partial charge in [0.25, 0.3) is 11.8 Å². The quantitative estimate of drug-likeness (QED) is 0.539. The van der Waals surface area contributed by atoms with E-state index < -0.39 is 17.8 Å². The molecule has 1 aliphatic rings. The molecule has 30 heavy (non-hydrogen) atoms. The fraction of sp³-hybridized carbons (Fsp3) is 0.190. The Balaban J connectivity index is 2.05. The van der Waals surface area contributed by atoms with Crippen LogP contribution in [0.15, 0.2) is 42.0 Å². The number of urea groups is 1. The molecule has 4 amide bonds. The number of halogens is 2. The van der Waals surface area contributed by atoms with E-state index >= 15 is 0 Å². The smallest absolute Gasteiger partial charge is 0.335 e. The molecule has 156 valence electrons. The first-order valence-corrected chi connectivity index (χ1v) is 9.68. The number of amides is 4. The largest absolute Gasteiger partial charge is 0.493 e. The third-order valence-corrected chi connectivity index (χ3v) is 4.71. The average molecular weight is 449 g/mol. The van der Waals surface area contributed by atoms with Gasteiger partial charge in [-0.25, -0.2) is 9.69 Å². The molecule has 0 saturated carbocycles. The van der Waals surface area contributed by atoms with Crippen LogP contribution in [-0.2, 0) is 9.59 Å². The molecule has 1 saturated heterocycles. The lowest BCUT2D eigenvalue weighted by Gasteiger charge is -2.27. The summed E-state index contributed by atoms with van der Waals surface area (Å²) in [4.78, 5) is 38.5. The summed E-state index contributed by atoms with van der Waals surface area (Å²) >= 11 is 12.4. The van der Waals surface area contributed by atoms with Gasteiger partial charge in [-0.05, 0) is 49.8 Å². The highest BCUT2D eigenvalue weighted by Crippen LogP contribution is 2.38. The SMILES string of the molecule is COc1cc(/C=C2\C(=O)NC(=O)N(c3ccccc3Cl)C2=O)cc(Cl)c1OC(C)C. The third kappa shape index (κ3) is 4.27. The van der Waals surface area contributed by atoms with Gasteiger partial charge in [-0.3, -0.25) is 14.9 Å². The van der Waals surface area contributed by atoms with Crippen molar-refractivity contribution in [3.8, 4) is 11.5 Å². The molecule has 1 aliphatic heterocycles. The van der Waals surface area contributed by atoms with Gasteiger partial charge in [-0.15, -0.1) is 0 Å². The van der Waals surface area contributed by atoms with Gasteiger partial charge >= 0.3 is 6.03 Å². The summed E-state index contributed by atoms with van der Waals surface area (Å²) in [6.45, 7) is 3.69. The van der Waals surface area contributed by atoms with Gasteiger partial charge in [0.1, 0.15) is 5.57 Å². The molecule has 2 aromatic rings. The zero-order chi connectivity index (χ0) is 22.0. The number of barbiturate groups is 1. The van der Waals surface area contributed by atoms with Crippen molar-refractivity contribution in [1.29, 1.82) is 0 Å². The monoisotopic (exact) mass is 448 g/mol. The summed E-state index contributed by atoms with van der Waals surface area (Å²) in [7, 11) is 1.45. The number of nitrogens with zero attached hydrogens (tertiary/aromatic N) is 1. The molecule has 1 N–H and O–H groups in total. The number of ether oxygens (including phenoxy) is 2. The predicted molar refractivity (Wildman–Crippen MR) is 114 cm³/mol. The van der Waals surface area contributed by atoms with Gasteiger partial charge in [0.15, 0.2) is 11.5 Å². The lowest BCUT2D eigenvalue weighted by Crippen LogP contribution is -2.54. The van der Waals surface area contributed by atoms with E-state index in [1.54, 1.807) is 18.2 Å². The standard InChI is InChI=1S/C21H18Cl2N2O5/c1-11(2)30-18-15(23)9-12(10-17(18)29-3)8-13-19(26)24-21(28)25(20(13)27)16-7-5-4-6-14(16)22/h4-11H,1-3H3,(H,24,26,28)/b13-8+. The maximum absolute atomic E-state index is 13.0. The minimum atomic E-state index is -0.883. The number of anilines is 1. The molecule has 3 rings (SSSR count). The Morgan fingerprint density at radius 3 is 2.40 bits per heavy atom. The maximum atomic E-state index is 13.0. The zero-order valence-electron chi connectivity index (χ0n) is 16.4. The Kier molecular flexibility index (Phi) is 6.34. The number of imide groups is 2. The number of carbonyl (C=O) groups excluding carboxylic acids is 3. The van der Waals surface area contributed by atoms with Crippen LogP contribution in [-0.4, -0.2) is 31.1 Å². The molecule has 0 atom stereocenters. The van der Waals surface area contributed by atoms with E-state index in [1.807, 2.05) is 13.8 Å². The van der Waals surface area contributed by atoms with Crippen LogP contribution in [0.3, 0.4) is 0 Å². The number of para-hydroxylation sites is 1. The summed E-state index contributed by atoms with van der Waals surface area (Å²) in [6.07, 6.45) is 1.18. The van der Waals surface area contributed by atoms with E-state index in [4.69, 9.17) is 32.7 Å². The van der Waals surface area contributed by atoms with Gasteiger partial charge in [-0.1, -0.05) is 35.3 Å². The number of nitrogens with one attached hydrogen (secondary N) is 1. The number of methoxy groups -OCH3 is 1. The second-order valence-corrected chi connectivity index (χ2v) is 7.42. The van der Waals surface area contributed by atoms with Gasteiger partial charge in [-0.2, -0.15) is 0 Å². The van der Waals surface area contributed by atoms with E-state index in [1.165, 1.54) is 31.4 Å². The number of carbonyl (C=O) groups is 3. The second kappa shape index (κ2) is 8.77. The Morgan fingerprint density at radius 1 is 1.07 bits per heavy atom. The Labute approximate surface area is 183 Å². The van der Waals surface area contributed by atoms with Crippen LogP contribution in [0.25, 0.3) is 6.08 Å². The summed E-state index contributed by atoms with van der Waals surface area (Å²) in [6, 6.07) is 8.56. The second-order valence-electron chi connectivity index (χ2n) is 6.61. The first-order valence-electron chi connectivity index (χ1n) is 8.93. The molecule has 7 nitrogen and oxygen atoms in total. The number of benzene rings is 2. The fourth-order valence-corrected chi connectivity index (χ4v) is 3.33. The Morgan fingerprint density at radius 2 is 1.77 bits per heavy atom. The highest BCUT2D eigenvalue weighted by atomic mass is 35.5. The first kappa shape index (κ1) is 21.7. The molecule has 0 spiro atoms. The molecular formula is C21H18Cl2N2O5. The molecule has 1 fully saturated rings. The highest BCUT2D eigenvalue weighted by molar-refractivity contribution is 6.42.